The van der Waals surface area contributed by atoms with Crippen LogP contribution in [0.2, 0.25) is 0 Å². The number of hydrogen-bond donors (Lipinski definition) is 2. The summed E-state index contributed by atoms with van der Waals surface area (Å²) in [7, 11) is 0. The van der Waals surface area contributed by atoms with Gasteiger partial charge in [0.15, 0.2) is 0 Å². The highest BCUT2D eigenvalue weighted by Gasteiger charge is 2.20. The third kappa shape index (κ3) is 5.19. The van der Waals surface area contributed by atoms with E-state index in [1.54, 1.807) is 18.2 Å². The molecule has 1 aliphatic rings. The summed E-state index contributed by atoms with van der Waals surface area (Å²) in [6.07, 6.45) is 3.61. The van der Waals surface area contributed by atoms with Crippen molar-refractivity contribution in [3.8, 4) is 0 Å². The first-order chi connectivity index (χ1) is 15.5. The predicted molar refractivity (Wildman–Crippen MR) is 127 cm³/mol. The number of nitrogens with zero attached hydrogens (tertiary/aromatic N) is 5. The summed E-state index contributed by atoms with van der Waals surface area (Å²) in [5, 5.41) is 7.45. The number of nitrogens with one attached hydrogen (secondary N) is 2. The van der Waals surface area contributed by atoms with Gasteiger partial charge in [-0.2, -0.15) is 20.1 Å². The van der Waals surface area contributed by atoms with E-state index in [9.17, 15) is 4.39 Å². The first-order valence-electron chi connectivity index (χ1n) is 10.9. The highest BCUT2D eigenvalue weighted by molar-refractivity contribution is 5.80. The van der Waals surface area contributed by atoms with Crippen LogP contribution in [0.5, 0.6) is 0 Å². The second kappa shape index (κ2) is 9.72. The second-order valence-corrected chi connectivity index (χ2v) is 8.22. The normalized spacial score (nSPS) is 14.7. The monoisotopic (exact) mass is 433 g/mol. The Kier molecular flexibility index (Phi) is 6.58. The minimum absolute atomic E-state index is 0.300. The molecule has 32 heavy (non-hydrogen) atoms. The van der Waals surface area contributed by atoms with E-state index in [0.717, 1.165) is 37.2 Å². The molecule has 1 aliphatic heterocycles. The SMILES string of the molecule is Cc1cccc(Nc2nc(N/N=C\c3ccccc3F)nc(N3CCC(C)CC3)n2)c1C. The third-order valence-corrected chi connectivity index (χ3v) is 5.81. The summed E-state index contributed by atoms with van der Waals surface area (Å²) in [4.78, 5) is 15.9. The summed E-state index contributed by atoms with van der Waals surface area (Å²) in [6.45, 7) is 8.18. The fourth-order valence-corrected chi connectivity index (χ4v) is 3.57. The summed E-state index contributed by atoms with van der Waals surface area (Å²) in [5.41, 5.74) is 6.47. The largest absolute Gasteiger partial charge is 0.341 e. The number of rotatable bonds is 6. The van der Waals surface area contributed by atoms with Gasteiger partial charge in [0.1, 0.15) is 5.82 Å². The molecule has 0 spiro atoms. The standard InChI is InChI=1S/C24H28FN7/c1-16-11-13-32(14-12-16)24-29-22(27-21-10-6-7-17(2)18(21)3)28-23(30-24)31-26-15-19-8-4-5-9-20(19)25/h4-10,15-16H,11-14H2,1-3H3,(H2,27,28,29,30,31)/b26-15-. The molecular weight excluding hydrogens is 405 g/mol. The number of aryl methyl sites for hydroxylation is 1. The highest BCUT2D eigenvalue weighted by Crippen LogP contribution is 2.25. The van der Waals surface area contributed by atoms with Crippen LogP contribution in [0.15, 0.2) is 47.6 Å². The van der Waals surface area contributed by atoms with Crippen molar-refractivity contribution in [3.63, 3.8) is 0 Å². The second-order valence-electron chi connectivity index (χ2n) is 8.22. The molecule has 0 unspecified atom stereocenters. The lowest BCUT2D eigenvalue weighted by Gasteiger charge is -2.30. The minimum atomic E-state index is -0.339. The Balaban J connectivity index is 1.61. The van der Waals surface area contributed by atoms with E-state index >= 15 is 0 Å². The van der Waals surface area contributed by atoms with Gasteiger partial charge in [-0.05, 0) is 55.9 Å². The Morgan fingerprint density at radius 1 is 1.00 bits per heavy atom. The Bertz CT molecular complexity index is 1110. The fourth-order valence-electron chi connectivity index (χ4n) is 3.57. The van der Waals surface area contributed by atoms with Gasteiger partial charge in [0.25, 0.3) is 0 Å². The molecule has 0 atom stereocenters. The van der Waals surface area contributed by atoms with Crippen molar-refractivity contribution in [2.24, 2.45) is 11.0 Å². The van der Waals surface area contributed by atoms with Crippen molar-refractivity contribution in [1.29, 1.82) is 0 Å². The van der Waals surface area contributed by atoms with Crippen molar-refractivity contribution in [1.82, 2.24) is 15.0 Å². The van der Waals surface area contributed by atoms with E-state index in [-0.39, 0.29) is 5.82 Å². The van der Waals surface area contributed by atoms with E-state index in [4.69, 9.17) is 0 Å². The maximum Gasteiger partial charge on any atom is 0.250 e. The van der Waals surface area contributed by atoms with E-state index in [0.29, 0.717) is 29.3 Å². The zero-order chi connectivity index (χ0) is 22.5. The molecule has 1 fully saturated rings. The molecule has 2 heterocycles. The van der Waals surface area contributed by atoms with Gasteiger partial charge in [-0.3, -0.25) is 0 Å². The molecule has 0 radical (unpaired) electrons. The van der Waals surface area contributed by atoms with Crippen molar-refractivity contribution in [3.05, 3.63) is 65.0 Å². The lowest BCUT2D eigenvalue weighted by Crippen LogP contribution is -2.34. The molecule has 2 N–H and O–H groups in total. The smallest absolute Gasteiger partial charge is 0.250 e. The topological polar surface area (TPSA) is 78.3 Å². The van der Waals surface area contributed by atoms with E-state index in [1.165, 1.54) is 17.8 Å². The molecule has 0 saturated carbocycles. The molecule has 8 heteroatoms. The van der Waals surface area contributed by atoms with Gasteiger partial charge in [0.2, 0.25) is 17.8 Å². The molecule has 0 amide bonds. The first-order valence-corrected chi connectivity index (χ1v) is 10.9. The highest BCUT2D eigenvalue weighted by atomic mass is 19.1. The van der Waals surface area contributed by atoms with Crippen LogP contribution in [0.4, 0.5) is 27.9 Å². The van der Waals surface area contributed by atoms with Gasteiger partial charge >= 0.3 is 0 Å². The summed E-state index contributed by atoms with van der Waals surface area (Å²) in [6, 6.07) is 12.5. The van der Waals surface area contributed by atoms with Crippen molar-refractivity contribution < 1.29 is 4.39 Å². The quantitative estimate of drug-likeness (QED) is 0.418. The number of hydrogen-bond acceptors (Lipinski definition) is 7. The lowest BCUT2D eigenvalue weighted by molar-refractivity contribution is 0.434. The van der Waals surface area contributed by atoms with Gasteiger partial charge in [-0.1, -0.05) is 37.3 Å². The molecule has 4 rings (SSSR count). The van der Waals surface area contributed by atoms with E-state index in [1.807, 2.05) is 12.1 Å². The summed E-state index contributed by atoms with van der Waals surface area (Å²) in [5.74, 6) is 1.70. The maximum absolute atomic E-state index is 13.9. The fraction of sp³-hybridized carbons (Fsp3) is 0.333. The molecule has 3 aromatic rings. The van der Waals surface area contributed by atoms with Gasteiger partial charge in [-0.25, -0.2) is 9.82 Å². The van der Waals surface area contributed by atoms with Crippen LogP contribution >= 0.6 is 0 Å². The van der Waals surface area contributed by atoms with Crippen LogP contribution < -0.4 is 15.6 Å². The van der Waals surface area contributed by atoms with E-state index in [2.05, 4.69) is 62.5 Å². The first kappa shape index (κ1) is 21.7. The molecule has 0 aliphatic carbocycles. The van der Waals surface area contributed by atoms with Gasteiger partial charge in [-0.15, -0.1) is 0 Å². The van der Waals surface area contributed by atoms with Crippen molar-refractivity contribution in [2.45, 2.75) is 33.6 Å². The van der Waals surface area contributed by atoms with Gasteiger partial charge < -0.3 is 10.2 Å². The van der Waals surface area contributed by atoms with Crippen LogP contribution in [0.1, 0.15) is 36.5 Å². The Morgan fingerprint density at radius 3 is 2.53 bits per heavy atom. The maximum atomic E-state index is 13.9. The third-order valence-electron chi connectivity index (χ3n) is 5.81. The number of benzene rings is 2. The number of aromatic nitrogens is 3. The molecule has 166 valence electrons. The summed E-state index contributed by atoms with van der Waals surface area (Å²) < 4.78 is 13.9. The number of piperidine rings is 1. The zero-order valence-electron chi connectivity index (χ0n) is 18.6. The molecule has 0 bridgehead atoms. The molecular formula is C24H28FN7. The zero-order valence-corrected chi connectivity index (χ0v) is 18.6. The predicted octanol–water partition coefficient (Wildman–Crippen LogP) is 5.05. The number of anilines is 4. The number of halogens is 1. The van der Waals surface area contributed by atoms with Crippen molar-refractivity contribution >= 4 is 29.7 Å². The molecule has 2 aromatic carbocycles. The summed E-state index contributed by atoms with van der Waals surface area (Å²) >= 11 is 0. The average molecular weight is 434 g/mol. The Hall–Kier alpha value is -3.55. The van der Waals surface area contributed by atoms with Crippen molar-refractivity contribution in [2.75, 3.05) is 28.7 Å². The van der Waals surface area contributed by atoms with Gasteiger partial charge in [0, 0.05) is 24.3 Å². The van der Waals surface area contributed by atoms with Crippen LogP contribution in [0, 0.1) is 25.6 Å². The van der Waals surface area contributed by atoms with Crippen LogP contribution in [-0.4, -0.2) is 34.3 Å². The Labute approximate surface area is 187 Å². The molecule has 1 aromatic heterocycles. The minimum Gasteiger partial charge on any atom is -0.341 e. The van der Waals surface area contributed by atoms with Crippen LogP contribution in [-0.2, 0) is 0 Å². The van der Waals surface area contributed by atoms with Crippen LogP contribution in [0.3, 0.4) is 0 Å². The molecule has 1 saturated heterocycles. The van der Waals surface area contributed by atoms with Crippen LogP contribution in [0.25, 0.3) is 0 Å². The molecule has 7 nitrogen and oxygen atoms in total. The lowest BCUT2D eigenvalue weighted by atomic mass is 10.00. The van der Waals surface area contributed by atoms with E-state index < -0.39 is 0 Å². The average Bonchev–Trinajstić information content (AvgIpc) is 2.79. The van der Waals surface area contributed by atoms with Gasteiger partial charge in [0.05, 0.1) is 6.21 Å². The Morgan fingerprint density at radius 2 is 1.75 bits per heavy atom. The number of hydrazone groups is 1.